The van der Waals surface area contributed by atoms with Crippen molar-refractivity contribution < 1.29 is 9.57 Å². The van der Waals surface area contributed by atoms with E-state index in [2.05, 4.69) is 50.1 Å². The number of nitrogens with zero attached hydrogens (tertiary/aromatic N) is 1. The minimum absolute atomic E-state index is 0.192. The predicted octanol–water partition coefficient (Wildman–Crippen LogP) is 4.93. The van der Waals surface area contributed by atoms with E-state index in [4.69, 9.17) is 9.57 Å². The highest BCUT2D eigenvalue weighted by Crippen LogP contribution is 2.20. The third kappa shape index (κ3) is 5.99. The summed E-state index contributed by atoms with van der Waals surface area (Å²) in [5.41, 5.74) is 1.23. The monoisotopic (exact) mass is 327 g/mol. The highest BCUT2D eigenvalue weighted by Gasteiger charge is 2.24. The molecule has 0 heterocycles. The number of benzene rings is 2. The van der Waals surface area contributed by atoms with Crippen molar-refractivity contribution in [3.8, 4) is 5.75 Å². The standard InChI is InChI=1S/C21H29NO2/c1-4-15-23-17-21(18(2)3)22(16-19-11-7-5-8-12-19)24-20-13-9-6-10-14-20/h5-14,18,21H,4,15-17H2,1-3H3. The maximum Gasteiger partial charge on any atom is 0.147 e. The Balaban J connectivity index is 2.15. The molecule has 24 heavy (non-hydrogen) atoms. The molecule has 0 bridgehead atoms. The highest BCUT2D eigenvalue weighted by atomic mass is 16.7. The number of ether oxygens (including phenoxy) is 1. The predicted molar refractivity (Wildman–Crippen MR) is 98.8 cm³/mol. The second kappa shape index (κ2) is 10.1. The fourth-order valence-electron chi connectivity index (χ4n) is 2.55. The van der Waals surface area contributed by atoms with Gasteiger partial charge in [-0.15, -0.1) is 5.06 Å². The lowest BCUT2D eigenvalue weighted by molar-refractivity contribution is -0.136. The van der Waals surface area contributed by atoms with Gasteiger partial charge >= 0.3 is 0 Å². The van der Waals surface area contributed by atoms with Crippen LogP contribution in [0.15, 0.2) is 60.7 Å². The van der Waals surface area contributed by atoms with Crippen LogP contribution >= 0.6 is 0 Å². The topological polar surface area (TPSA) is 21.7 Å². The average molecular weight is 327 g/mol. The van der Waals surface area contributed by atoms with Crippen LogP contribution in [0.4, 0.5) is 0 Å². The second-order valence-corrected chi connectivity index (χ2v) is 6.35. The summed E-state index contributed by atoms with van der Waals surface area (Å²) in [5.74, 6) is 1.28. The maximum absolute atomic E-state index is 6.23. The zero-order valence-corrected chi connectivity index (χ0v) is 15.0. The van der Waals surface area contributed by atoms with Gasteiger partial charge < -0.3 is 9.57 Å². The van der Waals surface area contributed by atoms with Gasteiger partial charge in [-0.25, -0.2) is 0 Å². The van der Waals surface area contributed by atoms with Crippen molar-refractivity contribution in [1.82, 2.24) is 5.06 Å². The summed E-state index contributed by atoms with van der Waals surface area (Å²) < 4.78 is 5.84. The van der Waals surface area contributed by atoms with Crippen LogP contribution in [0.2, 0.25) is 0 Å². The van der Waals surface area contributed by atoms with Crippen LogP contribution in [0.25, 0.3) is 0 Å². The van der Waals surface area contributed by atoms with Crippen molar-refractivity contribution in [2.75, 3.05) is 13.2 Å². The van der Waals surface area contributed by atoms with Crippen molar-refractivity contribution in [2.24, 2.45) is 5.92 Å². The van der Waals surface area contributed by atoms with E-state index in [1.165, 1.54) is 5.56 Å². The Kier molecular flexibility index (Phi) is 7.80. The first-order valence-electron chi connectivity index (χ1n) is 8.82. The number of hydrogen-bond donors (Lipinski definition) is 0. The summed E-state index contributed by atoms with van der Waals surface area (Å²) in [6.07, 6.45) is 1.03. The first kappa shape index (κ1) is 18.5. The first-order chi connectivity index (χ1) is 11.7. The van der Waals surface area contributed by atoms with Crippen molar-refractivity contribution in [3.05, 3.63) is 66.2 Å². The maximum atomic E-state index is 6.23. The van der Waals surface area contributed by atoms with Crippen LogP contribution in [-0.4, -0.2) is 24.3 Å². The van der Waals surface area contributed by atoms with Gasteiger partial charge in [0.2, 0.25) is 0 Å². The lowest BCUT2D eigenvalue weighted by atomic mass is 10.0. The van der Waals surface area contributed by atoms with Crippen LogP contribution in [0, 0.1) is 5.92 Å². The molecule has 0 aliphatic rings. The quantitative estimate of drug-likeness (QED) is 0.456. The normalized spacial score (nSPS) is 12.5. The molecule has 0 fully saturated rings. The Morgan fingerprint density at radius 3 is 2.12 bits per heavy atom. The zero-order valence-electron chi connectivity index (χ0n) is 15.0. The van der Waals surface area contributed by atoms with Crippen molar-refractivity contribution in [3.63, 3.8) is 0 Å². The van der Waals surface area contributed by atoms with E-state index >= 15 is 0 Å². The van der Waals surface area contributed by atoms with Gasteiger partial charge in [-0.05, 0) is 30.0 Å². The van der Waals surface area contributed by atoms with E-state index in [-0.39, 0.29) is 6.04 Å². The summed E-state index contributed by atoms with van der Waals surface area (Å²) in [4.78, 5) is 6.23. The van der Waals surface area contributed by atoms with E-state index < -0.39 is 0 Å². The molecule has 0 aromatic heterocycles. The molecule has 0 aliphatic carbocycles. The number of para-hydroxylation sites is 1. The molecule has 0 amide bonds. The Hall–Kier alpha value is -1.84. The van der Waals surface area contributed by atoms with Gasteiger partial charge in [-0.3, -0.25) is 0 Å². The molecule has 0 N–H and O–H groups in total. The van der Waals surface area contributed by atoms with Gasteiger partial charge in [-0.1, -0.05) is 69.3 Å². The van der Waals surface area contributed by atoms with E-state index in [0.29, 0.717) is 12.5 Å². The molecule has 0 saturated heterocycles. The number of hydroxylamine groups is 2. The zero-order chi connectivity index (χ0) is 17.2. The molecule has 2 rings (SSSR count). The SMILES string of the molecule is CCCOCC(C(C)C)N(Cc1ccccc1)Oc1ccccc1. The fraction of sp³-hybridized carbons (Fsp3) is 0.429. The minimum atomic E-state index is 0.192. The largest absolute Gasteiger partial charge is 0.405 e. The molecular formula is C21H29NO2. The Morgan fingerprint density at radius 1 is 0.917 bits per heavy atom. The molecule has 3 heteroatoms. The number of rotatable bonds is 10. The fourth-order valence-corrected chi connectivity index (χ4v) is 2.55. The summed E-state index contributed by atoms with van der Waals surface area (Å²) in [5, 5.41) is 2.06. The molecule has 0 spiro atoms. The van der Waals surface area contributed by atoms with E-state index in [0.717, 1.165) is 25.3 Å². The van der Waals surface area contributed by atoms with Crippen LogP contribution in [0.1, 0.15) is 32.8 Å². The third-order valence-corrected chi connectivity index (χ3v) is 3.92. The highest BCUT2D eigenvalue weighted by molar-refractivity contribution is 5.21. The molecule has 0 saturated carbocycles. The smallest absolute Gasteiger partial charge is 0.147 e. The van der Waals surface area contributed by atoms with Gasteiger partial charge in [0.25, 0.3) is 0 Å². The molecule has 0 aliphatic heterocycles. The lowest BCUT2D eigenvalue weighted by Gasteiger charge is -2.33. The third-order valence-electron chi connectivity index (χ3n) is 3.92. The molecule has 3 nitrogen and oxygen atoms in total. The average Bonchev–Trinajstić information content (AvgIpc) is 2.60. The van der Waals surface area contributed by atoms with Gasteiger partial charge in [-0.2, -0.15) is 0 Å². The van der Waals surface area contributed by atoms with Crippen molar-refractivity contribution >= 4 is 0 Å². The Bertz CT molecular complexity index is 515. The molecular weight excluding hydrogens is 298 g/mol. The molecule has 2 aromatic carbocycles. The number of hydrogen-bond acceptors (Lipinski definition) is 3. The van der Waals surface area contributed by atoms with Gasteiger partial charge in [0.05, 0.1) is 19.2 Å². The van der Waals surface area contributed by atoms with E-state index in [9.17, 15) is 0 Å². The summed E-state index contributed by atoms with van der Waals surface area (Å²) in [6, 6.07) is 20.6. The van der Waals surface area contributed by atoms with Crippen LogP contribution in [-0.2, 0) is 11.3 Å². The summed E-state index contributed by atoms with van der Waals surface area (Å²) >= 11 is 0. The Morgan fingerprint density at radius 2 is 1.54 bits per heavy atom. The van der Waals surface area contributed by atoms with Gasteiger partial charge in [0.15, 0.2) is 0 Å². The van der Waals surface area contributed by atoms with Crippen molar-refractivity contribution in [1.29, 1.82) is 0 Å². The Labute approximate surface area is 146 Å². The molecule has 130 valence electrons. The summed E-state index contributed by atoms with van der Waals surface area (Å²) in [7, 11) is 0. The second-order valence-electron chi connectivity index (χ2n) is 6.35. The first-order valence-corrected chi connectivity index (χ1v) is 8.82. The van der Waals surface area contributed by atoms with Gasteiger partial charge in [0.1, 0.15) is 5.75 Å². The molecule has 1 atom stereocenters. The van der Waals surface area contributed by atoms with Crippen LogP contribution in [0.5, 0.6) is 5.75 Å². The van der Waals surface area contributed by atoms with Crippen LogP contribution < -0.4 is 4.84 Å². The lowest BCUT2D eigenvalue weighted by Crippen LogP contribution is -2.44. The minimum Gasteiger partial charge on any atom is -0.405 e. The van der Waals surface area contributed by atoms with Crippen molar-refractivity contribution in [2.45, 2.75) is 39.8 Å². The summed E-state index contributed by atoms with van der Waals surface area (Å²) in [6.45, 7) is 8.75. The van der Waals surface area contributed by atoms with Gasteiger partial charge in [0, 0.05) is 6.61 Å². The molecule has 0 radical (unpaired) electrons. The molecule has 2 aromatic rings. The van der Waals surface area contributed by atoms with E-state index in [1.54, 1.807) is 0 Å². The van der Waals surface area contributed by atoms with Crippen LogP contribution in [0.3, 0.4) is 0 Å². The van der Waals surface area contributed by atoms with E-state index in [1.807, 2.05) is 36.4 Å². The molecule has 1 unspecified atom stereocenters.